The van der Waals surface area contributed by atoms with Crippen LogP contribution in [0.3, 0.4) is 0 Å². The number of hydrogen-bond donors (Lipinski definition) is 2. The van der Waals surface area contributed by atoms with Crippen molar-refractivity contribution in [2.45, 2.75) is 13.0 Å². The van der Waals surface area contributed by atoms with Crippen molar-refractivity contribution < 1.29 is 5.11 Å². The van der Waals surface area contributed by atoms with Crippen LogP contribution in [0, 0.1) is 0 Å². The molecular weight excluding hydrogens is 174 g/mol. The molecule has 1 atom stereocenters. The average Bonchev–Trinajstić information content (AvgIpc) is 2.08. The predicted molar refractivity (Wildman–Crippen MR) is 50.6 cm³/mol. The molecule has 2 nitrogen and oxygen atoms in total. The second-order valence-corrected chi connectivity index (χ2v) is 3.10. The first-order valence-corrected chi connectivity index (χ1v) is 4.19. The van der Waals surface area contributed by atoms with Gasteiger partial charge in [0, 0.05) is 11.6 Å². The van der Waals surface area contributed by atoms with Crippen molar-refractivity contribution in [3.05, 3.63) is 28.8 Å². The summed E-state index contributed by atoms with van der Waals surface area (Å²) in [4.78, 5) is 0. The van der Waals surface area contributed by atoms with Crippen molar-refractivity contribution in [1.82, 2.24) is 5.32 Å². The Hall–Kier alpha value is -0.730. The molecule has 0 aromatic heterocycles. The molecule has 1 aromatic rings. The third-order valence-electron chi connectivity index (χ3n) is 1.92. The molecule has 0 bridgehead atoms. The quantitative estimate of drug-likeness (QED) is 0.741. The zero-order valence-corrected chi connectivity index (χ0v) is 7.89. The van der Waals surface area contributed by atoms with Gasteiger partial charge in [-0.3, -0.25) is 0 Å². The van der Waals surface area contributed by atoms with Crippen molar-refractivity contribution in [3.63, 3.8) is 0 Å². The predicted octanol–water partition coefficient (Wildman–Crippen LogP) is 2.33. The Bertz CT molecular complexity index is 275. The molecular formula is C9H12ClNO. The van der Waals surface area contributed by atoms with Crippen LogP contribution in [-0.2, 0) is 0 Å². The van der Waals surface area contributed by atoms with Crippen LogP contribution in [0.4, 0.5) is 0 Å². The van der Waals surface area contributed by atoms with Crippen molar-refractivity contribution in [3.8, 4) is 5.75 Å². The molecule has 0 unspecified atom stereocenters. The lowest BCUT2D eigenvalue weighted by Gasteiger charge is -2.12. The fraction of sp³-hybridized carbons (Fsp3) is 0.333. The minimum Gasteiger partial charge on any atom is -0.506 e. The van der Waals surface area contributed by atoms with Gasteiger partial charge in [0.2, 0.25) is 0 Å². The lowest BCUT2D eigenvalue weighted by Crippen LogP contribution is -2.12. The van der Waals surface area contributed by atoms with E-state index in [2.05, 4.69) is 5.32 Å². The summed E-state index contributed by atoms with van der Waals surface area (Å²) in [7, 11) is 1.84. The van der Waals surface area contributed by atoms with E-state index in [-0.39, 0.29) is 11.8 Å². The fourth-order valence-electron chi connectivity index (χ4n) is 1.04. The van der Waals surface area contributed by atoms with Gasteiger partial charge in [-0.05, 0) is 20.0 Å². The van der Waals surface area contributed by atoms with Crippen LogP contribution in [0.15, 0.2) is 18.2 Å². The molecule has 0 amide bonds. The van der Waals surface area contributed by atoms with Crippen molar-refractivity contribution in [2.24, 2.45) is 0 Å². The third kappa shape index (κ3) is 1.71. The number of aromatic hydroxyl groups is 1. The molecule has 0 aliphatic carbocycles. The molecule has 12 heavy (non-hydrogen) atoms. The highest BCUT2D eigenvalue weighted by atomic mass is 35.5. The Morgan fingerprint density at radius 2 is 2.17 bits per heavy atom. The molecule has 2 N–H and O–H groups in total. The number of phenolic OH excluding ortho intramolecular Hbond substituents is 1. The molecule has 0 heterocycles. The summed E-state index contributed by atoms with van der Waals surface area (Å²) >= 11 is 5.74. The van der Waals surface area contributed by atoms with Crippen LogP contribution in [0.25, 0.3) is 0 Å². The van der Waals surface area contributed by atoms with E-state index in [1.165, 1.54) is 0 Å². The topological polar surface area (TPSA) is 32.3 Å². The van der Waals surface area contributed by atoms with Crippen molar-refractivity contribution >= 4 is 11.6 Å². The summed E-state index contributed by atoms with van der Waals surface area (Å²) in [5.41, 5.74) is 0.824. The second kappa shape index (κ2) is 3.78. The number of nitrogens with one attached hydrogen (secondary N) is 1. The van der Waals surface area contributed by atoms with Crippen LogP contribution in [0.1, 0.15) is 18.5 Å². The molecule has 0 saturated heterocycles. The first-order valence-electron chi connectivity index (χ1n) is 3.81. The molecule has 1 aromatic carbocycles. The van der Waals surface area contributed by atoms with Gasteiger partial charge in [-0.2, -0.15) is 0 Å². The fourth-order valence-corrected chi connectivity index (χ4v) is 1.22. The smallest absolute Gasteiger partial charge is 0.138 e. The Kier molecular flexibility index (Phi) is 2.95. The van der Waals surface area contributed by atoms with Gasteiger partial charge in [0.05, 0.1) is 5.02 Å². The van der Waals surface area contributed by atoms with E-state index in [0.717, 1.165) is 5.56 Å². The Labute approximate surface area is 77.2 Å². The zero-order chi connectivity index (χ0) is 9.14. The van der Waals surface area contributed by atoms with Gasteiger partial charge in [0.1, 0.15) is 5.75 Å². The van der Waals surface area contributed by atoms with Gasteiger partial charge in [-0.15, -0.1) is 0 Å². The van der Waals surface area contributed by atoms with Crippen LogP contribution in [-0.4, -0.2) is 12.2 Å². The molecule has 0 saturated carbocycles. The first kappa shape index (κ1) is 9.36. The highest BCUT2D eigenvalue weighted by Gasteiger charge is 2.09. The van der Waals surface area contributed by atoms with Crippen LogP contribution in [0.2, 0.25) is 5.02 Å². The molecule has 0 fully saturated rings. The lowest BCUT2D eigenvalue weighted by atomic mass is 10.1. The van der Waals surface area contributed by atoms with Gasteiger partial charge in [-0.25, -0.2) is 0 Å². The molecule has 0 spiro atoms. The summed E-state index contributed by atoms with van der Waals surface area (Å²) in [5.74, 6) is 0.168. The summed E-state index contributed by atoms with van der Waals surface area (Å²) in [5, 5.41) is 13.0. The van der Waals surface area contributed by atoms with Crippen LogP contribution < -0.4 is 5.32 Å². The number of phenols is 1. The number of para-hydroxylation sites is 1. The van der Waals surface area contributed by atoms with Crippen LogP contribution >= 0.6 is 11.6 Å². The van der Waals surface area contributed by atoms with E-state index in [9.17, 15) is 5.11 Å². The normalized spacial score (nSPS) is 12.9. The van der Waals surface area contributed by atoms with E-state index in [1.807, 2.05) is 26.1 Å². The largest absolute Gasteiger partial charge is 0.506 e. The molecule has 66 valence electrons. The maximum absolute atomic E-state index is 9.53. The maximum Gasteiger partial charge on any atom is 0.138 e. The summed E-state index contributed by atoms with van der Waals surface area (Å²) in [6.45, 7) is 1.96. The monoisotopic (exact) mass is 185 g/mol. The minimum absolute atomic E-state index is 0.115. The van der Waals surface area contributed by atoms with E-state index in [1.54, 1.807) is 6.07 Å². The Morgan fingerprint density at radius 3 is 2.75 bits per heavy atom. The molecule has 3 heteroatoms. The zero-order valence-electron chi connectivity index (χ0n) is 7.13. The number of benzene rings is 1. The second-order valence-electron chi connectivity index (χ2n) is 2.69. The summed E-state index contributed by atoms with van der Waals surface area (Å²) < 4.78 is 0. The number of halogens is 1. The average molecular weight is 186 g/mol. The Balaban J connectivity index is 3.07. The van der Waals surface area contributed by atoms with Crippen molar-refractivity contribution in [1.29, 1.82) is 0 Å². The SMILES string of the molecule is CN[C@H](C)c1cccc(Cl)c1O. The van der Waals surface area contributed by atoms with Crippen molar-refractivity contribution in [2.75, 3.05) is 7.05 Å². The van der Waals surface area contributed by atoms with E-state index in [4.69, 9.17) is 11.6 Å². The highest BCUT2D eigenvalue weighted by Crippen LogP contribution is 2.30. The van der Waals surface area contributed by atoms with Gasteiger partial charge < -0.3 is 10.4 Å². The van der Waals surface area contributed by atoms with Gasteiger partial charge in [-0.1, -0.05) is 23.7 Å². The maximum atomic E-state index is 9.53. The standard InChI is InChI=1S/C9H12ClNO/c1-6(11-2)7-4-3-5-8(10)9(7)12/h3-6,11-12H,1-2H3/t6-/m1/s1. The first-order chi connectivity index (χ1) is 5.66. The summed E-state index contributed by atoms with van der Waals surface area (Å²) in [6, 6.07) is 5.46. The summed E-state index contributed by atoms with van der Waals surface area (Å²) in [6.07, 6.45) is 0. The Morgan fingerprint density at radius 1 is 1.50 bits per heavy atom. The van der Waals surface area contributed by atoms with Gasteiger partial charge >= 0.3 is 0 Å². The minimum atomic E-state index is 0.115. The van der Waals surface area contributed by atoms with Gasteiger partial charge in [0.15, 0.2) is 0 Å². The number of hydrogen-bond acceptors (Lipinski definition) is 2. The molecule has 1 rings (SSSR count). The molecule has 0 radical (unpaired) electrons. The molecule has 0 aliphatic rings. The third-order valence-corrected chi connectivity index (χ3v) is 2.22. The van der Waals surface area contributed by atoms with Crippen LogP contribution in [0.5, 0.6) is 5.75 Å². The number of rotatable bonds is 2. The molecule has 0 aliphatic heterocycles. The highest BCUT2D eigenvalue weighted by molar-refractivity contribution is 6.32. The van der Waals surface area contributed by atoms with E-state index < -0.39 is 0 Å². The lowest BCUT2D eigenvalue weighted by molar-refractivity contribution is 0.458. The van der Waals surface area contributed by atoms with E-state index in [0.29, 0.717) is 5.02 Å². The van der Waals surface area contributed by atoms with Gasteiger partial charge in [0.25, 0.3) is 0 Å². The van der Waals surface area contributed by atoms with E-state index >= 15 is 0 Å².